The molecule has 0 saturated carbocycles. The molecule has 0 unspecified atom stereocenters. The SMILES string of the molecule is CC(C)ON=C1CCOc2ccc(-c3cnc(-c4cccnc4)s3)nc21. The third-order valence-electron chi connectivity index (χ3n) is 3.77. The molecule has 7 heteroatoms. The van der Waals surface area contributed by atoms with E-state index in [9.17, 15) is 0 Å². The zero-order valence-electron chi connectivity index (χ0n) is 14.5. The quantitative estimate of drug-likeness (QED) is 0.648. The summed E-state index contributed by atoms with van der Waals surface area (Å²) >= 11 is 1.58. The van der Waals surface area contributed by atoms with Gasteiger partial charge in [0.1, 0.15) is 28.3 Å². The van der Waals surface area contributed by atoms with E-state index in [-0.39, 0.29) is 6.10 Å². The van der Waals surface area contributed by atoms with Gasteiger partial charge in [-0.2, -0.15) is 0 Å². The number of oxime groups is 1. The lowest BCUT2D eigenvalue weighted by atomic mass is 10.1. The number of thiazole rings is 1. The topological polar surface area (TPSA) is 69.5 Å². The molecule has 132 valence electrons. The van der Waals surface area contributed by atoms with Crippen molar-refractivity contribution in [3.05, 3.63) is 48.5 Å². The summed E-state index contributed by atoms with van der Waals surface area (Å²) in [5, 5.41) is 5.18. The molecule has 3 aromatic rings. The molecule has 26 heavy (non-hydrogen) atoms. The lowest BCUT2D eigenvalue weighted by Crippen LogP contribution is -2.19. The smallest absolute Gasteiger partial charge is 0.147 e. The van der Waals surface area contributed by atoms with E-state index < -0.39 is 0 Å². The first kappa shape index (κ1) is 16.7. The first-order chi connectivity index (χ1) is 12.7. The van der Waals surface area contributed by atoms with Gasteiger partial charge >= 0.3 is 0 Å². The molecule has 0 atom stereocenters. The third kappa shape index (κ3) is 3.43. The summed E-state index contributed by atoms with van der Waals surface area (Å²) in [6.07, 6.45) is 6.11. The Labute approximate surface area is 155 Å². The predicted octanol–water partition coefficient (Wildman–Crippen LogP) is 4.18. The average Bonchev–Trinajstić information content (AvgIpc) is 3.17. The van der Waals surface area contributed by atoms with Crippen LogP contribution >= 0.6 is 11.3 Å². The van der Waals surface area contributed by atoms with Crippen LogP contribution in [0.25, 0.3) is 21.1 Å². The number of nitrogens with zero attached hydrogens (tertiary/aromatic N) is 4. The fourth-order valence-corrected chi connectivity index (χ4v) is 3.43. The second-order valence-electron chi connectivity index (χ2n) is 6.11. The molecule has 0 spiro atoms. The summed E-state index contributed by atoms with van der Waals surface area (Å²) in [4.78, 5) is 19.8. The normalized spacial score (nSPS) is 15.0. The highest BCUT2D eigenvalue weighted by Crippen LogP contribution is 2.33. The molecule has 0 aliphatic carbocycles. The summed E-state index contributed by atoms with van der Waals surface area (Å²) < 4.78 is 5.71. The van der Waals surface area contributed by atoms with Gasteiger partial charge in [0.15, 0.2) is 0 Å². The maximum absolute atomic E-state index is 5.71. The van der Waals surface area contributed by atoms with Crippen LogP contribution in [0.15, 0.2) is 48.0 Å². The molecule has 0 fully saturated rings. The Balaban J connectivity index is 1.68. The highest BCUT2D eigenvalue weighted by atomic mass is 32.1. The Morgan fingerprint density at radius 3 is 2.96 bits per heavy atom. The number of aromatic nitrogens is 3. The first-order valence-electron chi connectivity index (χ1n) is 8.44. The summed E-state index contributed by atoms with van der Waals surface area (Å²) in [5.74, 6) is 0.739. The van der Waals surface area contributed by atoms with Gasteiger partial charge in [0.2, 0.25) is 0 Å². The van der Waals surface area contributed by atoms with Crippen molar-refractivity contribution >= 4 is 17.0 Å². The van der Waals surface area contributed by atoms with Crippen molar-refractivity contribution in [3.8, 4) is 26.9 Å². The molecule has 0 N–H and O–H groups in total. The summed E-state index contributed by atoms with van der Waals surface area (Å²) in [6, 6.07) is 7.79. The standard InChI is InChI=1S/C19H18N4O2S/c1-12(2)25-23-15-7-9-24-16-6-5-14(22-18(15)16)17-11-21-19(26-17)13-4-3-8-20-10-13/h3-6,8,10-12H,7,9H2,1-2H3. The van der Waals surface area contributed by atoms with E-state index in [0.717, 1.165) is 38.3 Å². The van der Waals surface area contributed by atoms with Gasteiger partial charge in [0.05, 0.1) is 17.2 Å². The second kappa shape index (κ2) is 7.21. The summed E-state index contributed by atoms with van der Waals surface area (Å²) in [5.41, 5.74) is 3.40. The van der Waals surface area contributed by atoms with Crippen LogP contribution in [0.2, 0.25) is 0 Å². The molecule has 0 amide bonds. The highest BCUT2D eigenvalue weighted by Gasteiger charge is 2.21. The van der Waals surface area contributed by atoms with Gasteiger partial charge in [-0.15, -0.1) is 11.3 Å². The number of pyridine rings is 2. The molecule has 0 bridgehead atoms. The molecule has 0 saturated heterocycles. The number of hydrogen-bond acceptors (Lipinski definition) is 7. The average molecular weight is 366 g/mol. The zero-order valence-corrected chi connectivity index (χ0v) is 15.4. The molecule has 1 aliphatic rings. The lowest BCUT2D eigenvalue weighted by molar-refractivity contribution is 0.0849. The minimum absolute atomic E-state index is 0.0283. The van der Waals surface area contributed by atoms with Crippen LogP contribution in [-0.4, -0.2) is 33.4 Å². The monoisotopic (exact) mass is 366 g/mol. The maximum Gasteiger partial charge on any atom is 0.147 e. The molecule has 0 radical (unpaired) electrons. The number of rotatable bonds is 4. The fourth-order valence-electron chi connectivity index (χ4n) is 2.56. The minimum atomic E-state index is 0.0283. The Kier molecular flexibility index (Phi) is 4.62. The van der Waals surface area contributed by atoms with E-state index >= 15 is 0 Å². The molecular weight excluding hydrogens is 348 g/mol. The molecule has 6 nitrogen and oxygen atoms in total. The van der Waals surface area contributed by atoms with E-state index in [1.807, 2.05) is 50.5 Å². The van der Waals surface area contributed by atoms with E-state index in [0.29, 0.717) is 13.0 Å². The molecule has 4 rings (SSSR count). The molecule has 0 aromatic carbocycles. The third-order valence-corrected chi connectivity index (χ3v) is 4.84. The van der Waals surface area contributed by atoms with Crippen molar-refractivity contribution in [2.45, 2.75) is 26.4 Å². The van der Waals surface area contributed by atoms with Gasteiger partial charge in [-0.3, -0.25) is 4.98 Å². The van der Waals surface area contributed by atoms with Crippen molar-refractivity contribution in [1.29, 1.82) is 0 Å². The van der Waals surface area contributed by atoms with Crippen molar-refractivity contribution in [1.82, 2.24) is 15.0 Å². The van der Waals surface area contributed by atoms with Crippen LogP contribution in [0.4, 0.5) is 0 Å². The Morgan fingerprint density at radius 2 is 2.15 bits per heavy atom. The Hall–Kier alpha value is -2.80. The largest absolute Gasteiger partial charge is 0.491 e. The van der Waals surface area contributed by atoms with Gasteiger partial charge in [0, 0.05) is 30.6 Å². The van der Waals surface area contributed by atoms with Crippen LogP contribution < -0.4 is 4.74 Å². The zero-order chi connectivity index (χ0) is 17.9. The molecule has 1 aliphatic heterocycles. The van der Waals surface area contributed by atoms with Crippen molar-refractivity contribution in [3.63, 3.8) is 0 Å². The van der Waals surface area contributed by atoms with E-state index in [1.54, 1.807) is 17.5 Å². The molecule has 3 aromatic heterocycles. The van der Waals surface area contributed by atoms with Crippen molar-refractivity contribution in [2.24, 2.45) is 5.16 Å². The number of ether oxygens (including phenoxy) is 1. The summed E-state index contributed by atoms with van der Waals surface area (Å²) in [6.45, 7) is 4.48. The van der Waals surface area contributed by atoms with Crippen molar-refractivity contribution in [2.75, 3.05) is 6.61 Å². The van der Waals surface area contributed by atoms with E-state index in [4.69, 9.17) is 14.6 Å². The van der Waals surface area contributed by atoms with Gasteiger partial charge < -0.3 is 9.57 Å². The predicted molar refractivity (Wildman–Crippen MR) is 101 cm³/mol. The molecular formula is C19H18N4O2S. The van der Waals surface area contributed by atoms with E-state index in [2.05, 4.69) is 15.1 Å². The second-order valence-corrected chi connectivity index (χ2v) is 7.14. The number of fused-ring (bicyclic) bond motifs is 1. The first-order valence-corrected chi connectivity index (χ1v) is 9.26. The van der Waals surface area contributed by atoms with Gasteiger partial charge in [-0.25, -0.2) is 9.97 Å². The van der Waals surface area contributed by atoms with Crippen LogP contribution in [0.3, 0.4) is 0 Å². The van der Waals surface area contributed by atoms with Gasteiger partial charge in [0.25, 0.3) is 0 Å². The van der Waals surface area contributed by atoms with Crippen LogP contribution in [-0.2, 0) is 4.84 Å². The Morgan fingerprint density at radius 1 is 1.23 bits per heavy atom. The van der Waals surface area contributed by atoms with Crippen LogP contribution in [0.5, 0.6) is 5.75 Å². The van der Waals surface area contributed by atoms with Crippen molar-refractivity contribution < 1.29 is 9.57 Å². The fraction of sp³-hybridized carbons (Fsp3) is 0.263. The lowest BCUT2D eigenvalue weighted by Gasteiger charge is -2.18. The van der Waals surface area contributed by atoms with Gasteiger partial charge in [-0.05, 0) is 38.1 Å². The minimum Gasteiger partial charge on any atom is -0.491 e. The van der Waals surface area contributed by atoms with E-state index in [1.165, 1.54) is 0 Å². The van der Waals surface area contributed by atoms with Gasteiger partial charge in [-0.1, -0.05) is 5.16 Å². The highest BCUT2D eigenvalue weighted by molar-refractivity contribution is 7.18. The summed E-state index contributed by atoms with van der Waals surface area (Å²) in [7, 11) is 0. The van der Waals surface area contributed by atoms with Crippen LogP contribution in [0.1, 0.15) is 26.0 Å². The number of hydrogen-bond donors (Lipinski definition) is 0. The maximum atomic E-state index is 5.71. The van der Waals surface area contributed by atoms with Crippen LogP contribution in [0, 0.1) is 0 Å². The molecule has 4 heterocycles. The Bertz CT molecular complexity index is 938.